The number of likely N-dealkylation sites (tertiary alicyclic amines) is 1. The Kier molecular flexibility index (Phi) is 6.25. The van der Waals surface area contributed by atoms with Crippen molar-refractivity contribution >= 4 is 17.5 Å². The number of carbonyl (C=O) groups is 1. The maximum Gasteiger partial charge on any atom is 0.392 e. The van der Waals surface area contributed by atoms with Crippen molar-refractivity contribution in [2.45, 2.75) is 61.5 Å². The number of halogens is 5. The van der Waals surface area contributed by atoms with Crippen molar-refractivity contribution in [3.05, 3.63) is 0 Å². The molecular weight excluding hydrogens is 416 g/mol. The molecule has 4 aliphatic rings. The zero-order chi connectivity index (χ0) is 20.8. The fourth-order valence-electron chi connectivity index (χ4n) is 5.17. The van der Waals surface area contributed by atoms with Gasteiger partial charge in [0.15, 0.2) is 0 Å². The van der Waals surface area contributed by atoms with Crippen molar-refractivity contribution in [2.75, 3.05) is 26.2 Å². The number of hydrazine groups is 3. The molecule has 4 fully saturated rings. The zero-order valence-electron chi connectivity index (χ0n) is 15.9. The van der Waals surface area contributed by atoms with Gasteiger partial charge in [0.2, 0.25) is 0 Å². The minimum Gasteiger partial charge on any atom is -0.295 e. The van der Waals surface area contributed by atoms with Gasteiger partial charge in [-0.3, -0.25) is 15.1 Å². The van der Waals surface area contributed by atoms with E-state index in [1.54, 1.807) is 0 Å². The van der Waals surface area contributed by atoms with E-state index in [0.717, 1.165) is 6.42 Å². The van der Waals surface area contributed by atoms with E-state index in [2.05, 4.69) is 26.7 Å². The van der Waals surface area contributed by atoms with Crippen molar-refractivity contribution in [1.29, 1.82) is 0 Å². The maximum atomic E-state index is 13.6. The third kappa shape index (κ3) is 4.49. The standard InChI is InChI=1S/C17H27ClF4N6O/c18-15-14(6-23-25-16(15)29)27-4-3-13-12(8-27)24-26-28(13)7-9-1-2-10(19)5-11(9)17(20,21)22/h9-15,23-24,26H,1-8H2,(H,25,29). The third-order valence-corrected chi connectivity index (χ3v) is 7.25. The Morgan fingerprint density at radius 1 is 1.17 bits per heavy atom. The van der Waals surface area contributed by atoms with Gasteiger partial charge in [-0.15, -0.1) is 11.6 Å². The van der Waals surface area contributed by atoms with E-state index in [1.807, 2.05) is 5.01 Å². The summed E-state index contributed by atoms with van der Waals surface area (Å²) in [5.74, 6) is -2.48. The Labute approximate surface area is 171 Å². The minimum absolute atomic E-state index is 0.0134. The number of fused-ring (bicyclic) bond motifs is 1. The summed E-state index contributed by atoms with van der Waals surface area (Å²) in [6, 6.07) is -0.0847. The molecule has 29 heavy (non-hydrogen) atoms. The summed E-state index contributed by atoms with van der Waals surface area (Å²) >= 11 is 6.26. The first-order valence-electron chi connectivity index (χ1n) is 10.1. The summed E-state index contributed by atoms with van der Waals surface area (Å²) in [5, 5.41) is 1.20. The van der Waals surface area contributed by atoms with E-state index in [1.165, 1.54) is 0 Å². The fraction of sp³-hybridized carbons (Fsp3) is 0.941. The van der Waals surface area contributed by atoms with Crippen LogP contribution in [0.25, 0.3) is 0 Å². The molecule has 3 heterocycles. The Balaban J connectivity index is 1.36. The van der Waals surface area contributed by atoms with Crippen LogP contribution in [0.2, 0.25) is 0 Å². The van der Waals surface area contributed by atoms with Gasteiger partial charge in [-0.2, -0.15) is 18.7 Å². The molecule has 12 heteroatoms. The van der Waals surface area contributed by atoms with Crippen LogP contribution in [-0.2, 0) is 4.79 Å². The molecule has 3 saturated heterocycles. The lowest BCUT2D eigenvalue weighted by Crippen LogP contribution is -2.65. The number of nitrogens with one attached hydrogen (secondary N) is 4. The molecule has 1 amide bonds. The predicted octanol–water partition coefficient (Wildman–Crippen LogP) is 0.681. The molecular formula is C17H27ClF4N6O. The smallest absolute Gasteiger partial charge is 0.295 e. The van der Waals surface area contributed by atoms with Crippen LogP contribution in [0.5, 0.6) is 0 Å². The molecule has 4 rings (SSSR count). The molecule has 0 aromatic rings. The van der Waals surface area contributed by atoms with Crippen molar-refractivity contribution in [3.8, 4) is 0 Å². The largest absolute Gasteiger partial charge is 0.392 e. The van der Waals surface area contributed by atoms with E-state index in [0.29, 0.717) is 19.6 Å². The number of hydrogen-bond acceptors (Lipinski definition) is 6. The van der Waals surface area contributed by atoms with E-state index >= 15 is 0 Å². The first-order chi connectivity index (χ1) is 13.7. The molecule has 0 bridgehead atoms. The molecule has 7 nitrogen and oxygen atoms in total. The van der Waals surface area contributed by atoms with Crippen LogP contribution in [0.4, 0.5) is 17.6 Å². The summed E-state index contributed by atoms with van der Waals surface area (Å²) in [6.07, 6.45) is -5.02. The van der Waals surface area contributed by atoms with Gasteiger partial charge >= 0.3 is 6.18 Å². The van der Waals surface area contributed by atoms with E-state index in [-0.39, 0.29) is 43.4 Å². The summed E-state index contributed by atoms with van der Waals surface area (Å²) in [6.45, 7) is 2.10. The SMILES string of the molecule is O=C1NNCC(N2CCC3C(C2)NNN3CC2CCC(F)CC2C(F)(F)F)C1Cl. The number of hydrogen-bond donors (Lipinski definition) is 4. The van der Waals surface area contributed by atoms with Crippen LogP contribution in [0, 0.1) is 11.8 Å². The second kappa shape index (κ2) is 8.43. The first kappa shape index (κ1) is 21.5. The van der Waals surface area contributed by atoms with Crippen LogP contribution >= 0.6 is 11.6 Å². The van der Waals surface area contributed by atoms with Gasteiger partial charge in [-0.05, 0) is 31.6 Å². The van der Waals surface area contributed by atoms with Crippen LogP contribution in [0.1, 0.15) is 25.7 Å². The highest BCUT2D eigenvalue weighted by Gasteiger charge is 2.50. The van der Waals surface area contributed by atoms with Gasteiger partial charge in [-0.25, -0.2) is 20.3 Å². The van der Waals surface area contributed by atoms with Gasteiger partial charge in [0.05, 0.1) is 12.0 Å². The number of amides is 1. The van der Waals surface area contributed by atoms with E-state index in [4.69, 9.17) is 11.6 Å². The topological polar surface area (TPSA) is 71.7 Å². The zero-order valence-corrected chi connectivity index (χ0v) is 16.6. The van der Waals surface area contributed by atoms with Gasteiger partial charge in [0, 0.05) is 38.3 Å². The Hall–Kier alpha value is -0.720. The molecule has 1 saturated carbocycles. The van der Waals surface area contributed by atoms with Crippen molar-refractivity contribution in [1.82, 2.24) is 31.7 Å². The lowest BCUT2D eigenvalue weighted by molar-refractivity contribution is -0.204. The van der Waals surface area contributed by atoms with Crippen LogP contribution in [-0.4, -0.2) is 77.8 Å². The van der Waals surface area contributed by atoms with Gasteiger partial charge in [0.25, 0.3) is 5.91 Å². The molecule has 1 aliphatic carbocycles. The fourth-order valence-corrected chi connectivity index (χ4v) is 5.47. The molecule has 4 N–H and O–H groups in total. The first-order valence-corrected chi connectivity index (χ1v) is 10.6. The molecule has 7 unspecified atom stereocenters. The lowest BCUT2D eigenvalue weighted by Gasteiger charge is -2.44. The van der Waals surface area contributed by atoms with Crippen molar-refractivity contribution in [3.63, 3.8) is 0 Å². The Morgan fingerprint density at radius 2 is 1.97 bits per heavy atom. The van der Waals surface area contributed by atoms with Crippen LogP contribution in [0.3, 0.4) is 0 Å². The third-order valence-electron chi connectivity index (χ3n) is 6.76. The molecule has 3 aliphatic heterocycles. The summed E-state index contributed by atoms with van der Waals surface area (Å²) < 4.78 is 53.9. The van der Waals surface area contributed by atoms with Crippen LogP contribution < -0.4 is 21.8 Å². The average Bonchev–Trinajstić information content (AvgIpc) is 3.06. The molecule has 166 valence electrons. The van der Waals surface area contributed by atoms with E-state index < -0.39 is 36.0 Å². The highest BCUT2D eigenvalue weighted by molar-refractivity contribution is 6.31. The Morgan fingerprint density at radius 3 is 2.72 bits per heavy atom. The van der Waals surface area contributed by atoms with E-state index in [9.17, 15) is 22.4 Å². The van der Waals surface area contributed by atoms with Gasteiger partial charge in [-0.1, -0.05) is 0 Å². The minimum atomic E-state index is -4.38. The molecule has 0 aromatic carbocycles. The number of nitrogens with zero attached hydrogens (tertiary/aromatic N) is 2. The predicted molar refractivity (Wildman–Crippen MR) is 98.1 cm³/mol. The molecule has 0 radical (unpaired) electrons. The summed E-state index contributed by atoms with van der Waals surface area (Å²) in [7, 11) is 0. The van der Waals surface area contributed by atoms with Crippen molar-refractivity contribution < 1.29 is 22.4 Å². The molecule has 0 spiro atoms. The number of piperidine rings is 1. The number of rotatable bonds is 3. The summed E-state index contributed by atoms with van der Waals surface area (Å²) in [5.41, 5.74) is 11.6. The second-order valence-corrected chi connectivity index (χ2v) is 8.99. The summed E-state index contributed by atoms with van der Waals surface area (Å²) in [4.78, 5) is 13.9. The highest BCUT2D eigenvalue weighted by Crippen LogP contribution is 2.43. The van der Waals surface area contributed by atoms with Gasteiger partial charge in [0.1, 0.15) is 11.5 Å². The lowest BCUT2D eigenvalue weighted by atomic mass is 9.77. The van der Waals surface area contributed by atoms with Gasteiger partial charge < -0.3 is 0 Å². The Bertz CT molecular complexity index is 613. The molecule has 7 atom stereocenters. The number of carbonyl (C=O) groups excluding carboxylic acids is 1. The monoisotopic (exact) mass is 442 g/mol. The maximum absolute atomic E-state index is 13.6. The quantitative estimate of drug-likeness (QED) is 0.381. The second-order valence-electron chi connectivity index (χ2n) is 8.52. The normalized spacial score (nSPS) is 42.5. The van der Waals surface area contributed by atoms with Crippen molar-refractivity contribution in [2.24, 2.45) is 11.8 Å². The van der Waals surface area contributed by atoms with Crippen LogP contribution in [0.15, 0.2) is 0 Å². The average molecular weight is 443 g/mol. The number of alkyl halides is 5. The highest BCUT2D eigenvalue weighted by atomic mass is 35.5. The molecule has 0 aromatic heterocycles.